The van der Waals surface area contributed by atoms with Gasteiger partial charge in [0.15, 0.2) is 10.8 Å². The number of hydrogen-bond acceptors (Lipinski definition) is 13. The van der Waals surface area contributed by atoms with E-state index in [0.717, 1.165) is 17.2 Å². The molecule has 0 aliphatic carbocycles. The van der Waals surface area contributed by atoms with Gasteiger partial charge in [-0.15, -0.1) is 28.2 Å². The lowest BCUT2D eigenvalue weighted by Crippen LogP contribution is -2.71. The van der Waals surface area contributed by atoms with Crippen LogP contribution in [0.1, 0.15) is 12.1 Å². The molecule has 0 spiro atoms. The quantitative estimate of drug-likeness (QED) is 0.240. The number of thiazole rings is 1. The van der Waals surface area contributed by atoms with Crippen LogP contribution in [-0.2, 0) is 24.0 Å². The zero-order chi connectivity index (χ0) is 26.3. The lowest BCUT2D eigenvalue weighted by Gasteiger charge is -2.49. The van der Waals surface area contributed by atoms with Gasteiger partial charge in [0.05, 0.1) is 7.11 Å². The number of hydrazone groups is 1. The van der Waals surface area contributed by atoms with Crippen LogP contribution in [0.4, 0.5) is 5.13 Å². The molecule has 0 radical (unpaired) electrons. The first-order chi connectivity index (χ1) is 17.8. The lowest BCUT2D eigenvalue weighted by molar-refractivity contribution is -0.150. The second-order valence-electron chi connectivity index (χ2n) is 8.05. The van der Waals surface area contributed by atoms with Crippen LogP contribution < -0.4 is 11.1 Å². The minimum atomic E-state index is -1.21. The van der Waals surface area contributed by atoms with Gasteiger partial charge in [-0.1, -0.05) is 5.16 Å². The summed E-state index contributed by atoms with van der Waals surface area (Å²) in [7, 11) is 2.83. The molecule has 37 heavy (non-hydrogen) atoms. The van der Waals surface area contributed by atoms with Gasteiger partial charge < -0.3 is 30.6 Å². The van der Waals surface area contributed by atoms with Crippen LogP contribution in [-0.4, -0.2) is 92.2 Å². The molecule has 194 valence electrons. The number of nitrogens with zero attached hydrogens (tertiary/aromatic N) is 6. The fourth-order valence-electron chi connectivity index (χ4n) is 4.23. The van der Waals surface area contributed by atoms with E-state index in [1.807, 2.05) is 11.0 Å². The molecule has 16 heteroatoms. The molecule has 4 N–H and O–H groups in total. The van der Waals surface area contributed by atoms with Crippen molar-refractivity contribution in [3.8, 4) is 0 Å². The van der Waals surface area contributed by atoms with E-state index in [1.165, 1.54) is 23.8 Å². The number of carbonyl (C=O) groups is 3. The molecule has 0 aromatic carbocycles. The maximum Gasteiger partial charge on any atom is 0.352 e. The Kier molecular flexibility index (Phi) is 6.51. The number of fused-ring (bicyclic) bond motifs is 2. The van der Waals surface area contributed by atoms with Gasteiger partial charge in [-0.2, -0.15) is 0 Å². The molecule has 4 aliphatic heterocycles. The van der Waals surface area contributed by atoms with Crippen molar-refractivity contribution in [1.29, 1.82) is 0 Å². The van der Waals surface area contributed by atoms with Crippen molar-refractivity contribution in [3.05, 3.63) is 46.6 Å². The molecular formula is C21H22N8O6S2. The zero-order valence-electron chi connectivity index (χ0n) is 19.7. The van der Waals surface area contributed by atoms with Crippen molar-refractivity contribution in [1.82, 2.24) is 25.1 Å². The van der Waals surface area contributed by atoms with Crippen molar-refractivity contribution >= 4 is 57.6 Å². The van der Waals surface area contributed by atoms with E-state index in [9.17, 15) is 19.5 Å². The topological polar surface area (TPSA) is 175 Å². The number of aliphatic carboxylic acids is 1. The van der Waals surface area contributed by atoms with Gasteiger partial charge in [0.2, 0.25) is 5.90 Å². The first kappa shape index (κ1) is 24.6. The highest BCUT2D eigenvalue weighted by molar-refractivity contribution is 8.00. The Labute approximate surface area is 218 Å². The van der Waals surface area contributed by atoms with Gasteiger partial charge in [0.25, 0.3) is 11.8 Å². The minimum absolute atomic E-state index is 0.0818. The molecular weight excluding hydrogens is 524 g/mol. The first-order valence-electron chi connectivity index (χ1n) is 10.9. The normalized spacial score (nSPS) is 22.7. The third-order valence-electron chi connectivity index (χ3n) is 5.89. The third kappa shape index (κ3) is 4.37. The molecule has 5 rings (SSSR count). The number of oxime groups is 1. The van der Waals surface area contributed by atoms with Gasteiger partial charge in [-0.3, -0.25) is 14.5 Å². The highest BCUT2D eigenvalue weighted by atomic mass is 32.2. The van der Waals surface area contributed by atoms with Crippen LogP contribution in [0.3, 0.4) is 0 Å². The number of methoxy groups -OCH3 is 1. The first-order valence-corrected chi connectivity index (χ1v) is 12.8. The Hall–Kier alpha value is -4.05. The second kappa shape index (κ2) is 9.78. The number of ether oxygens (including phenoxy) is 1. The minimum Gasteiger partial charge on any atom is -0.483 e. The summed E-state index contributed by atoms with van der Waals surface area (Å²) in [5.74, 6) is -0.727. The maximum atomic E-state index is 13.1. The molecule has 0 saturated carbocycles. The Balaban J connectivity index is 1.31. The number of β-lactam (4-membered cyclic amide) rings is 1. The summed E-state index contributed by atoms with van der Waals surface area (Å²) in [5, 5.41) is 23.6. The SMILES string of the molecule is CON=C(C(=O)N[C@@H]1C(=O)N2C(C(=O)O)=C(CN3C=CN4N=C(OC)CC=C34)CS[C@@H]12)c1csc(N)n1. The fraction of sp³-hybridized carbons (Fsp3) is 0.333. The zero-order valence-corrected chi connectivity index (χ0v) is 21.3. The van der Waals surface area contributed by atoms with Crippen LogP contribution in [0.25, 0.3) is 0 Å². The summed E-state index contributed by atoms with van der Waals surface area (Å²) in [6, 6.07) is -0.934. The molecule has 4 aliphatic rings. The Morgan fingerprint density at radius 3 is 2.84 bits per heavy atom. The van der Waals surface area contributed by atoms with Crippen molar-refractivity contribution in [2.75, 3.05) is 32.3 Å². The average molecular weight is 547 g/mol. The molecule has 1 aromatic rings. The highest BCUT2D eigenvalue weighted by Crippen LogP contribution is 2.41. The number of amides is 2. The summed E-state index contributed by atoms with van der Waals surface area (Å²) >= 11 is 2.50. The number of hydrogen-bond donors (Lipinski definition) is 3. The summed E-state index contributed by atoms with van der Waals surface area (Å²) in [4.78, 5) is 50.1. The van der Waals surface area contributed by atoms with E-state index >= 15 is 0 Å². The van der Waals surface area contributed by atoms with Gasteiger partial charge >= 0.3 is 5.97 Å². The number of rotatable bonds is 7. The number of carboxylic acid groups (broad SMARTS) is 1. The van der Waals surface area contributed by atoms with Crippen molar-refractivity contribution < 1.29 is 29.1 Å². The van der Waals surface area contributed by atoms with E-state index in [2.05, 4.69) is 20.6 Å². The molecule has 1 saturated heterocycles. The molecule has 1 fully saturated rings. The fourth-order valence-corrected chi connectivity index (χ4v) is 6.12. The Morgan fingerprint density at radius 2 is 2.16 bits per heavy atom. The Morgan fingerprint density at radius 1 is 1.35 bits per heavy atom. The summed E-state index contributed by atoms with van der Waals surface area (Å²) in [6.07, 6.45) is 5.98. The standard InChI is InChI=1S/C21H22N8O6S2/c1-34-12-3-4-13-27(5-6-28(13)25-12)7-10-8-36-19-15(18(31)29(19)16(10)20(32)33)24-17(30)14(26-35-2)11-9-37-21(22)23-11/h4-6,9,15,19H,3,7-8H2,1-2H3,(H2,22,23)(H,24,30)(H,32,33)/t15-,19+/m1/s1. The van der Waals surface area contributed by atoms with Crippen LogP contribution in [0.2, 0.25) is 0 Å². The molecule has 0 bridgehead atoms. The lowest BCUT2D eigenvalue weighted by atomic mass is 10.0. The average Bonchev–Trinajstić information content (AvgIpc) is 3.50. The number of anilines is 1. The number of thioether (sulfide) groups is 1. The van der Waals surface area contributed by atoms with E-state index < -0.39 is 29.2 Å². The van der Waals surface area contributed by atoms with E-state index in [4.69, 9.17) is 15.3 Å². The van der Waals surface area contributed by atoms with E-state index in [-0.39, 0.29) is 28.8 Å². The molecule has 1 aromatic heterocycles. The molecule has 0 unspecified atom stereocenters. The monoisotopic (exact) mass is 546 g/mol. The van der Waals surface area contributed by atoms with Crippen molar-refractivity contribution in [2.45, 2.75) is 17.8 Å². The third-order valence-corrected chi connectivity index (χ3v) is 7.90. The smallest absolute Gasteiger partial charge is 0.352 e. The molecule has 5 heterocycles. The van der Waals surface area contributed by atoms with Gasteiger partial charge in [0.1, 0.15) is 35.7 Å². The Bertz CT molecular complexity index is 1320. The molecule has 2 atom stereocenters. The van der Waals surface area contributed by atoms with E-state index in [0.29, 0.717) is 23.6 Å². The predicted molar refractivity (Wildman–Crippen MR) is 135 cm³/mol. The summed E-state index contributed by atoms with van der Waals surface area (Å²) in [5.41, 5.74) is 6.22. The second-order valence-corrected chi connectivity index (χ2v) is 10.0. The number of aromatic nitrogens is 1. The largest absolute Gasteiger partial charge is 0.483 e. The summed E-state index contributed by atoms with van der Waals surface area (Å²) < 4.78 is 5.19. The van der Waals surface area contributed by atoms with Gasteiger partial charge in [-0.05, 0) is 11.6 Å². The van der Waals surface area contributed by atoms with Crippen molar-refractivity contribution in [3.63, 3.8) is 0 Å². The van der Waals surface area contributed by atoms with Crippen LogP contribution in [0.5, 0.6) is 0 Å². The molecule has 14 nitrogen and oxygen atoms in total. The summed E-state index contributed by atoms with van der Waals surface area (Å²) in [6.45, 7) is 0.259. The van der Waals surface area contributed by atoms with Crippen molar-refractivity contribution in [2.24, 2.45) is 10.3 Å². The van der Waals surface area contributed by atoms with Crippen LogP contribution in [0, 0.1) is 0 Å². The highest BCUT2D eigenvalue weighted by Gasteiger charge is 2.54. The predicted octanol–water partition coefficient (Wildman–Crippen LogP) is 0.108. The van der Waals surface area contributed by atoms with Crippen LogP contribution >= 0.6 is 23.1 Å². The number of nitrogens with two attached hydrogens (primary N) is 1. The van der Waals surface area contributed by atoms with E-state index in [1.54, 1.807) is 29.9 Å². The molecule has 2 amide bonds. The number of nitrogens with one attached hydrogen (secondary N) is 1. The number of carboxylic acids is 1. The van der Waals surface area contributed by atoms with Crippen LogP contribution in [0.15, 0.2) is 51.2 Å². The maximum absolute atomic E-state index is 13.1. The van der Waals surface area contributed by atoms with Gasteiger partial charge in [-0.25, -0.2) is 14.8 Å². The number of carbonyl (C=O) groups excluding carboxylic acids is 2. The van der Waals surface area contributed by atoms with Gasteiger partial charge in [0, 0.05) is 36.5 Å². The number of nitrogen functional groups attached to an aromatic ring is 1.